The average Bonchev–Trinajstić information content (AvgIpc) is 3.48. The number of ether oxygens (including phenoxy) is 2. The smallest absolute Gasteiger partial charge is 0.437 e. The number of carbonyl (C=O) groups excluding carboxylic acids is 2. The molecule has 190 valence electrons. The van der Waals surface area contributed by atoms with Gasteiger partial charge >= 0.3 is 6.16 Å². The van der Waals surface area contributed by atoms with Gasteiger partial charge < -0.3 is 14.8 Å². The SMILES string of the molecule is COC(=O)Oc1c(CNC(=O)c2ccc(-c3cnns3)cc2)c(=O)c2ccc(Cl)cc2n1-c1ccccc1. The Morgan fingerprint density at radius 1 is 1.05 bits per heavy atom. The molecule has 3 aromatic carbocycles. The van der Waals surface area contributed by atoms with Gasteiger partial charge in [-0.1, -0.05) is 46.4 Å². The fraction of sp³-hybridized carbons (Fsp3) is 0.0741. The van der Waals surface area contributed by atoms with Gasteiger partial charge in [-0.3, -0.25) is 14.2 Å². The van der Waals surface area contributed by atoms with Crippen LogP contribution in [-0.2, 0) is 11.3 Å². The maximum absolute atomic E-state index is 13.6. The molecule has 0 aliphatic heterocycles. The van der Waals surface area contributed by atoms with Gasteiger partial charge in [0.1, 0.15) is 0 Å². The second-order valence-corrected chi connectivity index (χ2v) is 9.27. The van der Waals surface area contributed by atoms with Crippen LogP contribution in [0.4, 0.5) is 4.79 Å². The number of fused-ring (bicyclic) bond motifs is 1. The van der Waals surface area contributed by atoms with Crippen LogP contribution < -0.4 is 15.5 Å². The third-order valence-electron chi connectivity index (χ3n) is 5.76. The van der Waals surface area contributed by atoms with Crippen molar-refractivity contribution in [2.24, 2.45) is 0 Å². The van der Waals surface area contributed by atoms with E-state index in [9.17, 15) is 14.4 Å². The number of amides is 1. The summed E-state index contributed by atoms with van der Waals surface area (Å²) in [6.07, 6.45) is 0.629. The van der Waals surface area contributed by atoms with Gasteiger partial charge in [-0.25, -0.2) is 4.79 Å². The van der Waals surface area contributed by atoms with Crippen LogP contribution in [0.3, 0.4) is 0 Å². The number of nitrogens with one attached hydrogen (secondary N) is 1. The Balaban J connectivity index is 1.57. The molecule has 11 heteroatoms. The minimum absolute atomic E-state index is 0.0646. The predicted octanol–water partition coefficient (Wildman–Crippen LogP) is 5.24. The number of pyridine rings is 1. The summed E-state index contributed by atoms with van der Waals surface area (Å²) < 4.78 is 15.7. The van der Waals surface area contributed by atoms with Gasteiger partial charge in [0.2, 0.25) is 5.88 Å². The highest BCUT2D eigenvalue weighted by atomic mass is 35.5. The number of benzene rings is 3. The molecule has 0 fully saturated rings. The van der Waals surface area contributed by atoms with Gasteiger partial charge in [0.05, 0.1) is 35.8 Å². The van der Waals surface area contributed by atoms with E-state index in [2.05, 4.69) is 14.9 Å². The van der Waals surface area contributed by atoms with E-state index in [1.54, 1.807) is 77.5 Å². The van der Waals surface area contributed by atoms with Gasteiger partial charge in [0.25, 0.3) is 5.91 Å². The van der Waals surface area contributed by atoms with Crippen molar-refractivity contribution in [3.8, 4) is 22.0 Å². The van der Waals surface area contributed by atoms with Crippen LogP contribution in [0.15, 0.2) is 83.8 Å². The van der Waals surface area contributed by atoms with Crippen molar-refractivity contribution in [2.75, 3.05) is 7.11 Å². The van der Waals surface area contributed by atoms with E-state index in [0.717, 1.165) is 10.4 Å². The number of methoxy groups -OCH3 is 1. The Morgan fingerprint density at radius 2 is 1.82 bits per heavy atom. The average molecular weight is 547 g/mol. The van der Waals surface area contributed by atoms with Crippen molar-refractivity contribution in [1.82, 2.24) is 19.5 Å². The molecule has 0 saturated heterocycles. The minimum Gasteiger partial charge on any atom is -0.437 e. The number of nitrogens with zero attached hydrogens (tertiary/aromatic N) is 3. The fourth-order valence-electron chi connectivity index (χ4n) is 3.95. The number of aromatic nitrogens is 3. The molecular formula is C27H19ClN4O5S. The maximum Gasteiger partial charge on any atom is 0.514 e. The minimum atomic E-state index is -1.02. The summed E-state index contributed by atoms with van der Waals surface area (Å²) in [6, 6.07) is 20.7. The molecule has 0 bridgehead atoms. The number of carbonyl (C=O) groups is 2. The summed E-state index contributed by atoms with van der Waals surface area (Å²) >= 11 is 7.51. The summed E-state index contributed by atoms with van der Waals surface area (Å²) in [6.45, 7) is -0.212. The lowest BCUT2D eigenvalue weighted by atomic mass is 10.1. The second kappa shape index (κ2) is 10.8. The predicted molar refractivity (Wildman–Crippen MR) is 144 cm³/mol. The van der Waals surface area contributed by atoms with E-state index >= 15 is 0 Å². The molecule has 0 aliphatic carbocycles. The van der Waals surface area contributed by atoms with Gasteiger partial charge in [-0.2, -0.15) is 0 Å². The molecular weight excluding hydrogens is 528 g/mol. The van der Waals surface area contributed by atoms with E-state index in [1.165, 1.54) is 18.6 Å². The Kier molecular flexibility index (Phi) is 7.16. The molecule has 2 aromatic heterocycles. The van der Waals surface area contributed by atoms with Crippen molar-refractivity contribution in [2.45, 2.75) is 6.54 Å². The van der Waals surface area contributed by atoms with Gasteiger partial charge in [0, 0.05) is 21.7 Å². The number of hydrogen-bond acceptors (Lipinski definition) is 8. The Hall–Kier alpha value is -4.54. The first-order chi connectivity index (χ1) is 18.5. The Labute approximate surface area is 225 Å². The summed E-state index contributed by atoms with van der Waals surface area (Å²) in [5.41, 5.74) is 1.95. The number of hydrogen-bond donors (Lipinski definition) is 1. The molecule has 5 aromatic rings. The van der Waals surface area contributed by atoms with Crippen molar-refractivity contribution in [3.63, 3.8) is 0 Å². The molecule has 9 nitrogen and oxygen atoms in total. The molecule has 1 N–H and O–H groups in total. The zero-order chi connectivity index (χ0) is 26.6. The molecule has 0 aliphatic rings. The highest BCUT2D eigenvalue weighted by molar-refractivity contribution is 7.09. The van der Waals surface area contributed by atoms with E-state index in [0.29, 0.717) is 27.2 Å². The van der Waals surface area contributed by atoms with E-state index < -0.39 is 17.5 Å². The fourth-order valence-corrected chi connectivity index (χ4v) is 4.64. The molecule has 0 spiro atoms. The summed E-state index contributed by atoms with van der Waals surface area (Å²) in [4.78, 5) is 39.7. The molecule has 38 heavy (non-hydrogen) atoms. The van der Waals surface area contributed by atoms with Crippen molar-refractivity contribution < 1.29 is 19.1 Å². The van der Waals surface area contributed by atoms with Crippen LogP contribution in [-0.4, -0.2) is 33.3 Å². The largest absolute Gasteiger partial charge is 0.514 e. The standard InChI is InChI=1S/C27H19ClN4O5S/c1-36-27(35)37-26-21(14-29-25(34)17-9-7-16(8-10-17)23-15-30-31-38-23)24(33)20-12-11-18(28)13-22(20)32(26)19-5-3-2-4-6-19/h2-13,15H,14H2,1H3,(H,29,34). The topological polar surface area (TPSA) is 112 Å². The highest BCUT2D eigenvalue weighted by Gasteiger charge is 2.23. The zero-order valence-corrected chi connectivity index (χ0v) is 21.5. The summed E-state index contributed by atoms with van der Waals surface area (Å²) in [5.74, 6) is -0.499. The third-order valence-corrected chi connectivity index (χ3v) is 6.71. The quantitative estimate of drug-likeness (QED) is 0.290. The zero-order valence-electron chi connectivity index (χ0n) is 19.9. The van der Waals surface area contributed by atoms with E-state index in [4.69, 9.17) is 21.1 Å². The molecule has 1 amide bonds. The van der Waals surface area contributed by atoms with Crippen LogP contribution >= 0.6 is 23.1 Å². The maximum atomic E-state index is 13.6. The Bertz CT molecular complexity index is 1690. The third kappa shape index (κ3) is 4.99. The van der Waals surface area contributed by atoms with Gasteiger partial charge in [-0.05, 0) is 59.6 Å². The first kappa shape index (κ1) is 25.1. The van der Waals surface area contributed by atoms with Crippen molar-refractivity contribution >= 4 is 46.1 Å². The van der Waals surface area contributed by atoms with Crippen LogP contribution in [0.25, 0.3) is 27.0 Å². The van der Waals surface area contributed by atoms with Crippen molar-refractivity contribution in [3.05, 3.63) is 105 Å². The number of para-hydroxylation sites is 1. The normalized spacial score (nSPS) is 10.8. The first-order valence-corrected chi connectivity index (χ1v) is 12.5. The first-order valence-electron chi connectivity index (χ1n) is 11.3. The van der Waals surface area contributed by atoms with E-state index in [1.807, 2.05) is 6.07 Å². The van der Waals surface area contributed by atoms with Crippen molar-refractivity contribution in [1.29, 1.82) is 0 Å². The summed E-state index contributed by atoms with van der Waals surface area (Å²) in [7, 11) is 1.17. The lowest BCUT2D eigenvalue weighted by Crippen LogP contribution is -2.29. The second-order valence-electron chi connectivity index (χ2n) is 8.04. The van der Waals surface area contributed by atoms with Gasteiger partial charge in [-0.15, -0.1) is 5.10 Å². The number of rotatable bonds is 6. The van der Waals surface area contributed by atoms with E-state index in [-0.39, 0.29) is 18.0 Å². The number of halogens is 1. The van der Waals surface area contributed by atoms with Crippen LogP contribution in [0.2, 0.25) is 5.02 Å². The molecule has 2 heterocycles. The molecule has 0 unspecified atom stereocenters. The Morgan fingerprint density at radius 3 is 2.50 bits per heavy atom. The molecule has 5 rings (SSSR count). The monoisotopic (exact) mass is 546 g/mol. The lowest BCUT2D eigenvalue weighted by molar-refractivity contribution is 0.0950. The molecule has 0 saturated carbocycles. The van der Waals surface area contributed by atoms with Crippen LogP contribution in [0.1, 0.15) is 15.9 Å². The summed E-state index contributed by atoms with van der Waals surface area (Å²) in [5, 5.41) is 7.32. The van der Waals surface area contributed by atoms with Gasteiger partial charge in [0.15, 0.2) is 5.43 Å². The lowest BCUT2D eigenvalue weighted by Gasteiger charge is -2.20. The van der Waals surface area contributed by atoms with Crippen LogP contribution in [0.5, 0.6) is 5.88 Å². The molecule has 0 atom stereocenters. The van der Waals surface area contributed by atoms with Crippen LogP contribution in [0, 0.1) is 0 Å². The highest BCUT2D eigenvalue weighted by Crippen LogP contribution is 2.30. The molecule has 0 radical (unpaired) electrons.